The minimum Gasteiger partial charge on any atom is -0.325 e. The Labute approximate surface area is 66.1 Å². The lowest BCUT2D eigenvalue weighted by atomic mass is 9.72. The highest BCUT2D eigenvalue weighted by molar-refractivity contribution is 6.89. The van der Waals surface area contributed by atoms with E-state index in [2.05, 4.69) is 0 Å². The summed E-state index contributed by atoms with van der Waals surface area (Å²) in [6.45, 7) is 0. The predicted octanol–water partition coefficient (Wildman–Crippen LogP) is 0.586. The molecule has 0 saturated heterocycles. The summed E-state index contributed by atoms with van der Waals surface area (Å²) in [5.41, 5.74) is 2.01. The van der Waals surface area contributed by atoms with Crippen molar-refractivity contribution in [2.75, 3.05) is 11.9 Å². The van der Waals surface area contributed by atoms with E-state index in [0.717, 1.165) is 11.2 Å². The zero-order valence-electron chi connectivity index (χ0n) is 6.24. The summed E-state index contributed by atoms with van der Waals surface area (Å²) in [4.78, 5) is 12.7. The molecule has 0 unspecified atom stereocenters. The highest BCUT2D eigenvalue weighted by atomic mass is 16.2. The molecule has 0 fully saturated rings. The Morgan fingerprint density at radius 2 is 2.09 bits per heavy atom. The summed E-state index contributed by atoms with van der Waals surface area (Å²) < 4.78 is 0. The van der Waals surface area contributed by atoms with Crippen molar-refractivity contribution in [3.63, 3.8) is 0 Å². The summed E-state index contributed by atoms with van der Waals surface area (Å²) in [6.07, 6.45) is 0. The molecule has 0 N–H and O–H groups in total. The zero-order valence-corrected chi connectivity index (χ0v) is 6.24. The number of fused-ring (bicyclic) bond motifs is 1. The van der Waals surface area contributed by atoms with Gasteiger partial charge in [0.05, 0.1) is 0 Å². The van der Waals surface area contributed by atoms with Crippen molar-refractivity contribution in [3.05, 3.63) is 24.3 Å². The maximum atomic E-state index is 11.1. The molecule has 0 saturated carbocycles. The van der Waals surface area contributed by atoms with E-state index in [0.29, 0.717) is 0 Å². The standard InChI is InChI=1S/C8H7BNO/c1-10-7-5-3-2-4-6(7)9-8(10)11/h2-5H,1H3. The highest BCUT2D eigenvalue weighted by Crippen LogP contribution is 2.14. The molecule has 1 aliphatic rings. The fourth-order valence-electron chi connectivity index (χ4n) is 1.26. The van der Waals surface area contributed by atoms with Crippen molar-refractivity contribution in [1.29, 1.82) is 0 Å². The van der Waals surface area contributed by atoms with Crippen LogP contribution >= 0.6 is 0 Å². The highest BCUT2D eigenvalue weighted by Gasteiger charge is 2.23. The summed E-state index contributed by atoms with van der Waals surface area (Å²) >= 11 is 0. The number of nitrogens with zero attached hydrogens (tertiary/aromatic N) is 1. The second kappa shape index (κ2) is 2.12. The molecule has 1 aromatic carbocycles. The average molecular weight is 144 g/mol. The predicted molar refractivity (Wildman–Crippen MR) is 45.6 cm³/mol. The van der Waals surface area contributed by atoms with Crippen LogP contribution in [0.5, 0.6) is 0 Å². The lowest BCUT2D eigenvalue weighted by Gasteiger charge is -2.09. The van der Waals surface area contributed by atoms with Gasteiger partial charge < -0.3 is 4.90 Å². The van der Waals surface area contributed by atoms with Gasteiger partial charge in [-0.25, -0.2) is 0 Å². The SMILES string of the molecule is CN1C(=O)[B]c2ccccc21. The number of para-hydroxylation sites is 1. The van der Waals surface area contributed by atoms with Crippen LogP contribution in [0.3, 0.4) is 0 Å². The van der Waals surface area contributed by atoms with Crippen molar-refractivity contribution in [2.24, 2.45) is 0 Å². The van der Waals surface area contributed by atoms with Crippen LogP contribution in [0.1, 0.15) is 0 Å². The lowest BCUT2D eigenvalue weighted by molar-refractivity contribution is 0.265. The molecule has 0 bridgehead atoms. The van der Waals surface area contributed by atoms with Gasteiger partial charge in [-0.05, 0) is 6.07 Å². The van der Waals surface area contributed by atoms with Gasteiger partial charge in [0.15, 0.2) is 5.81 Å². The fourth-order valence-corrected chi connectivity index (χ4v) is 1.26. The molecule has 1 aromatic rings. The van der Waals surface area contributed by atoms with Crippen molar-refractivity contribution in [3.8, 4) is 0 Å². The molecular formula is C8H7BNO. The van der Waals surface area contributed by atoms with Gasteiger partial charge in [-0.3, -0.25) is 4.79 Å². The molecule has 11 heavy (non-hydrogen) atoms. The molecule has 0 aromatic heterocycles. The summed E-state index contributed by atoms with van der Waals surface area (Å²) in [5.74, 6) is 0.0613. The third-order valence-corrected chi connectivity index (χ3v) is 1.91. The maximum absolute atomic E-state index is 11.1. The Balaban J connectivity index is 2.55. The van der Waals surface area contributed by atoms with Crippen molar-refractivity contribution < 1.29 is 4.79 Å². The first-order chi connectivity index (χ1) is 5.29. The minimum atomic E-state index is 0.0613. The van der Waals surface area contributed by atoms with Crippen LogP contribution in [0.4, 0.5) is 10.5 Å². The van der Waals surface area contributed by atoms with Crippen molar-refractivity contribution >= 4 is 24.2 Å². The van der Waals surface area contributed by atoms with Crippen molar-refractivity contribution in [2.45, 2.75) is 0 Å². The molecule has 0 aliphatic carbocycles. The number of anilines is 1. The van der Waals surface area contributed by atoms with Gasteiger partial charge in [-0.2, -0.15) is 0 Å². The molecule has 0 atom stereocenters. The normalized spacial score (nSPS) is 14.6. The molecule has 1 radical (unpaired) electrons. The quantitative estimate of drug-likeness (QED) is 0.488. The first-order valence-electron chi connectivity index (χ1n) is 3.50. The average Bonchev–Trinajstić information content (AvgIpc) is 2.30. The number of carbonyl (C=O) groups excluding carboxylic acids is 1. The summed E-state index contributed by atoms with van der Waals surface area (Å²) in [7, 11) is 3.43. The van der Waals surface area contributed by atoms with Gasteiger partial charge in [0.2, 0.25) is 0 Å². The monoisotopic (exact) mass is 144 g/mol. The topological polar surface area (TPSA) is 20.3 Å². The second-order valence-corrected chi connectivity index (χ2v) is 2.60. The van der Waals surface area contributed by atoms with E-state index >= 15 is 0 Å². The van der Waals surface area contributed by atoms with Crippen LogP contribution in [0.25, 0.3) is 0 Å². The largest absolute Gasteiger partial charge is 0.325 e. The number of hydrogen-bond acceptors (Lipinski definition) is 1. The molecule has 3 heteroatoms. The van der Waals surface area contributed by atoms with Crippen molar-refractivity contribution in [1.82, 2.24) is 0 Å². The third-order valence-electron chi connectivity index (χ3n) is 1.91. The Morgan fingerprint density at radius 3 is 2.82 bits per heavy atom. The fraction of sp³-hybridized carbons (Fsp3) is 0.125. The number of hydrogen-bond donors (Lipinski definition) is 0. The van der Waals surface area contributed by atoms with Gasteiger partial charge in [-0.15, -0.1) is 0 Å². The third kappa shape index (κ3) is 0.844. The number of carbonyl (C=O) groups is 1. The second-order valence-electron chi connectivity index (χ2n) is 2.60. The van der Waals surface area contributed by atoms with E-state index in [1.54, 1.807) is 19.2 Å². The van der Waals surface area contributed by atoms with E-state index in [-0.39, 0.29) is 5.81 Å². The molecule has 1 amide bonds. The van der Waals surface area contributed by atoms with Crippen LogP contribution in [0, 0.1) is 0 Å². The van der Waals surface area contributed by atoms with E-state index in [1.165, 1.54) is 0 Å². The Kier molecular flexibility index (Phi) is 1.25. The molecule has 0 spiro atoms. The Hall–Kier alpha value is -1.25. The smallest absolute Gasteiger partial charge is 0.274 e. The van der Waals surface area contributed by atoms with Gasteiger partial charge in [-0.1, -0.05) is 23.7 Å². The minimum absolute atomic E-state index is 0.0613. The van der Waals surface area contributed by atoms with E-state index in [9.17, 15) is 4.79 Å². The van der Waals surface area contributed by atoms with Crippen LogP contribution in [-0.2, 0) is 0 Å². The van der Waals surface area contributed by atoms with E-state index in [4.69, 9.17) is 0 Å². The number of amides is 1. The van der Waals surface area contributed by atoms with E-state index < -0.39 is 0 Å². The van der Waals surface area contributed by atoms with E-state index in [1.807, 2.05) is 24.3 Å². The Bertz CT molecular complexity index is 311. The summed E-state index contributed by atoms with van der Waals surface area (Å²) in [6, 6.07) is 7.75. The first kappa shape index (κ1) is 6.46. The van der Waals surface area contributed by atoms with Crippen LogP contribution in [0.2, 0.25) is 0 Å². The zero-order chi connectivity index (χ0) is 7.84. The molecule has 2 rings (SSSR count). The molecule has 2 nitrogen and oxygen atoms in total. The van der Waals surface area contributed by atoms with Gasteiger partial charge in [0.1, 0.15) is 0 Å². The molecule has 1 aliphatic heterocycles. The number of benzene rings is 1. The van der Waals surface area contributed by atoms with Gasteiger partial charge in [0, 0.05) is 12.7 Å². The molecule has 53 valence electrons. The maximum Gasteiger partial charge on any atom is 0.274 e. The lowest BCUT2D eigenvalue weighted by Crippen LogP contribution is -2.22. The number of rotatable bonds is 0. The van der Waals surface area contributed by atoms with Crippen LogP contribution < -0.4 is 10.4 Å². The van der Waals surface area contributed by atoms with Gasteiger partial charge >= 0.3 is 0 Å². The van der Waals surface area contributed by atoms with Gasteiger partial charge in [0.25, 0.3) is 7.28 Å². The van der Waals surface area contributed by atoms with Crippen LogP contribution in [0.15, 0.2) is 24.3 Å². The van der Waals surface area contributed by atoms with Crippen LogP contribution in [-0.4, -0.2) is 20.1 Å². The summed E-state index contributed by atoms with van der Waals surface area (Å²) in [5, 5.41) is 0. The first-order valence-corrected chi connectivity index (χ1v) is 3.50. The molecule has 1 heterocycles. The molecular weight excluding hydrogens is 137 g/mol. The Morgan fingerprint density at radius 1 is 1.36 bits per heavy atom.